The van der Waals surface area contributed by atoms with E-state index in [2.05, 4.69) is 25.4 Å². The van der Waals surface area contributed by atoms with E-state index in [-0.39, 0.29) is 22.6 Å². The molecule has 0 spiro atoms. The maximum atomic E-state index is 13.2. The summed E-state index contributed by atoms with van der Waals surface area (Å²) in [6, 6.07) is 6.72. The van der Waals surface area contributed by atoms with Crippen molar-refractivity contribution in [1.82, 2.24) is 0 Å². The number of para-hydroxylation sites is 1. The summed E-state index contributed by atoms with van der Waals surface area (Å²) in [5, 5.41) is 0. The van der Waals surface area contributed by atoms with Crippen LogP contribution in [0.2, 0.25) is 0 Å². The molecular weight excluding hydrogens is 430 g/mol. The van der Waals surface area contributed by atoms with Crippen LogP contribution in [0.1, 0.15) is 20.7 Å². The maximum absolute atomic E-state index is 13.2. The molecule has 0 aromatic heterocycles. The highest BCUT2D eigenvalue weighted by atomic mass is 79.9. The quantitative estimate of drug-likeness (QED) is 0.660. The van der Waals surface area contributed by atoms with Crippen molar-refractivity contribution in [1.29, 1.82) is 0 Å². The topological polar surface area (TPSA) is 71.1 Å². The number of carbonyl (C=O) groups is 2. The molecule has 0 aliphatic rings. The van der Waals surface area contributed by atoms with Crippen molar-refractivity contribution in [3.8, 4) is 11.5 Å². The molecule has 0 unspecified atom stereocenters. The van der Waals surface area contributed by atoms with Crippen LogP contribution in [0.15, 0.2) is 34.8 Å². The number of esters is 2. The van der Waals surface area contributed by atoms with Gasteiger partial charge >= 0.3 is 11.9 Å². The van der Waals surface area contributed by atoms with Gasteiger partial charge in [-0.2, -0.15) is 0 Å². The Labute approximate surface area is 163 Å². The minimum absolute atomic E-state index is 0.0573. The number of carbonyl (C=O) groups excluding carboxylic acids is 2. The number of methoxy groups -OCH3 is 4. The highest BCUT2D eigenvalue weighted by Crippen LogP contribution is 2.27. The van der Waals surface area contributed by atoms with E-state index in [0.29, 0.717) is 4.47 Å². The fourth-order valence-electron chi connectivity index (χ4n) is 2.02. The normalized spacial score (nSPS) is 9.59. The predicted octanol–water partition coefficient (Wildman–Crippen LogP) is 4.00. The Hall–Kier alpha value is -2.68. The molecule has 2 aromatic rings. The third-order valence-corrected chi connectivity index (χ3v) is 3.65. The zero-order chi connectivity index (χ0) is 20.6. The van der Waals surface area contributed by atoms with E-state index in [9.17, 15) is 18.4 Å². The minimum atomic E-state index is -0.637. The van der Waals surface area contributed by atoms with Gasteiger partial charge in [-0.25, -0.2) is 18.4 Å². The molecule has 2 rings (SSSR count). The summed E-state index contributed by atoms with van der Waals surface area (Å²) in [5.41, 5.74) is 0.145. The van der Waals surface area contributed by atoms with Crippen LogP contribution in [-0.4, -0.2) is 40.4 Å². The molecular formula is C18H17BrF2O6. The molecule has 2 aromatic carbocycles. The molecule has 146 valence electrons. The van der Waals surface area contributed by atoms with Gasteiger partial charge in [-0.15, -0.1) is 0 Å². The molecule has 0 heterocycles. The second-order valence-electron chi connectivity index (χ2n) is 4.77. The van der Waals surface area contributed by atoms with Gasteiger partial charge in [0.15, 0.2) is 23.1 Å². The first kappa shape index (κ1) is 22.4. The first-order chi connectivity index (χ1) is 12.8. The van der Waals surface area contributed by atoms with Crippen LogP contribution in [0.25, 0.3) is 0 Å². The molecule has 0 atom stereocenters. The van der Waals surface area contributed by atoms with Gasteiger partial charge in [0.05, 0.1) is 28.4 Å². The van der Waals surface area contributed by atoms with Gasteiger partial charge in [0.2, 0.25) is 0 Å². The first-order valence-electron chi connectivity index (χ1n) is 7.32. The monoisotopic (exact) mass is 446 g/mol. The van der Waals surface area contributed by atoms with Crippen molar-refractivity contribution in [2.75, 3.05) is 28.4 Å². The lowest BCUT2D eigenvalue weighted by Gasteiger charge is -2.07. The van der Waals surface area contributed by atoms with Gasteiger partial charge < -0.3 is 18.9 Å². The van der Waals surface area contributed by atoms with Crippen LogP contribution in [0, 0.1) is 11.6 Å². The van der Waals surface area contributed by atoms with Crippen LogP contribution < -0.4 is 9.47 Å². The summed E-state index contributed by atoms with van der Waals surface area (Å²) in [6.07, 6.45) is 0. The fourth-order valence-corrected chi connectivity index (χ4v) is 2.45. The molecule has 0 N–H and O–H groups in total. The third-order valence-electron chi connectivity index (χ3n) is 3.19. The van der Waals surface area contributed by atoms with Crippen molar-refractivity contribution < 1.29 is 37.3 Å². The average Bonchev–Trinajstić information content (AvgIpc) is 2.66. The van der Waals surface area contributed by atoms with Crippen molar-refractivity contribution in [2.24, 2.45) is 0 Å². The highest BCUT2D eigenvalue weighted by Gasteiger charge is 2.18. The van der Waals surface area contributed by atoms with Gasteiger partial charge in [-0.1, -0.05) is 22.0 Å². The summed E-state index contributed by atoms with van der Waals surface area (Å²) in [5.74, 6) is -2.64. The number of hydrogen-bond acceptors (Lipinski definition) is 6. The summed E-state index contributed by atoms with van der Waals surface area (Å²) in [6.45, 7) is 0. The third kappa shape index (κ3) is 5.65. The van der Waals surface area contributed by atoms with E-state index < -0.39 is 23.6 Å². The Balaban J connectivity index is 0.000000271. The standard InChI is InChI=1S/C9H8BrFO3.C9H9FO3/c1-13-8-6(9(12)14-2)3-5(10)4-7(8)11;1-12-8-6(9(11)13-2)4-3-5-7(8)10/h3-4H,1-2H3;3-5H,1-2H3. The molecule has 6 nitrogen and oxygen atoms in total. The number of halogens is 3. The fraction of sp³-hybridized carbons (Fsp3) is 0.222. The van der Waals surface area contributed by atoms with E-state index in [1.165, 1.54) is 58.8 Å². The lowest BCUT2D eigenvalue weighted by molar-refractivity contribution is 0.0587. The van der Waals surface area contributed by atoms with E-state index in [4.69, 9.17) is 9.47 Å². The first-order valence-corrected chi connectivity index (χ1v) is 8.12. The predicted molar refractivity (Wildman–Crippen MR) is 96.3 cm³/mol. The summed E-state index contributed by atoms with van der Waals surface area (Å²) >= 11 is 3.07. The Morgan fingerprint density at radius 2 is 1.33 bits per heavy atom. The second kappa shape index (κ2) is 10.5. The number of ether oxygens (including phenoxy) is 4. The highest BCUT2D eigenvalue weighted by molar-refractivity contribution is 9.10. The van der Waals surface area contributed by atoms with Crippen LogP contribution in [0.4, 0.5) is 8.78 Å². The van der Waals surface area contributed by atoms with E-state index in [1.54, 1.807) is 0 Å². The number of rotatable bonds is 4. The Bertz CT molecular complexity index is 826. The van der Waals surface area contributed by atoms with Crippen LogP contribution >= 0.6 is 15.9 Å². The van der Waals surface area contributed by atoms with Crippen LogP contribution in [0.3, 0.4) is 0 Å². The van der Waals surface area contributed by atoms with E-state index in [1.807, 2.05) is 0 Å². The Kier molecular flexibility index (Phi) is 8.67. The molecule has 9 heteroatoms. The SMILES string of the molecule is COC(=O)c1cc(Br)cc(F)c1OC.COC(=O)c1cccc(F)c1OC. The molecule has 0 amide bonds. The van der Waals surface area contributed by atoms with Gasteiger partial charge in [-0.3, -0.25) is 0 Å². The number of benzene rings is 2. The average molecular weight is 447 g/mol. The molecule has 0 fully saturated rings. The Morgan fingerprint density at radius 3 is 1.85 bits per heavy atom. The molecule has 0 saturated heterocycles. The molecule has 0 saturated carbocycles. The van der Waals surface area contributed by atoms with Crippen molar-refractivity contribution in [2.45, 2.75) is 0 Å². The summed E-state index contributed by atoms with van der Waals surface area (Å²) in [4.78, 5) is 22.3. The smallest absolute Gasteiger partial charge is 0.341 e. The van der Waals surface area contributed by atoms with Crippen LogP contribution in [-0.2, 0) is 9.47 Å². The molecule has 0 bridgehead atoms. The molecule has 0 aliphatic carbocycles. The van der Waals surface area contributed by atoms with E-state index >= 15 is 0 Å². The zero-order valence-electron chi connectivity index (χ0n) is 15.0. The summed E-state index contributed by atoms with van der Waals surface area (Å²) in [7, 11) is 5.04. The van der Waals surface area contributed by atoms with E-state index in [0.717, 1.165) is 0 Å². The zero-order valence-corrected chi connectivity index (χ0v) is 16.6. The van der Waals surface area contributed by atoms with Gasteiger partial charge in [0.25, 0.3) is 0 Å². The lowest BCUT2D eigenvalue weighted by atomic mass is 10.2. The molecule has 27 heavy (non-hydrogen) atoms. The van der Waals surface area contributed by atoms with Crippen molar-refractivity contribution in [3.05, 3.63) is 57.6 Å². The largest absolute Gasteiger partial charge is 0.493 e. The van der Waals surface area contributed by atoms with Gasteiger partial charge in [0.1, 0.15) is 11.1 Å². The summed E-state index contributed by atoms with van der Waals surface area (Å²) < 4.78 is 45.1. The van der Waals surface area contributed by atoms with Crippen molar-refractivity contribution in [3.63, 3.8) is 0 Å². The van der Waals surface area contributed by atoms with Gasteiger partial charge in [-0.05, 0) is 24.3 Å². The van der Waals surface area contributed by atoms with Crippen LogP contribution in [0.5, 0.6) is 11.5 Å². The van der Waals surface area contributed by atoms with Crippen molar-refractivity contribution >= 4 is 27.9 Å². The lowest BCUT2D eigenvalue weighted by Crippen LogP contribution is -2.05. The second-order valence-corrected chi connectivity index (χ2v) is 5.69. The van der Waals surface area contributed by atoms with Gasteiger partial charge in [0, 0.05) is 4.47 Å². The molecule has 0 aliphatic heterocycles. The molecule has 0 radical (unpaired) electrons. The maximum Gasteiger partial charge on any atom is 0.341 e. The number of hydrogen-bond donors (Lipinski definition) is 0. The minimum Gasteiger partial charge on any atom is -0.493 e. The Morgan fingerprint density at radius 1 is 0.815 bits per heavy atom.